The number of aliphatic hydroxyl groups is 1. The summed E-state index contributed by atoms with van der Waals surface area (Å²) in [6, 6.07) is 0. The molecule has 0 spiro atoms. The van der Waals surface area contributed by atoms with E-state index in [2.05, 4.69) is 27.5 Å². The van der Waals surface area contributed by atoms with Crippen molar-refractivity contribution in [3.63, 3.8) is 0 Å². The van der Waals surface area contributed by atoms with Gasteiger partial charge in [0, 0.05) is 13.1 Å². The maximum Gasteiger partial charge on any atom is 0.224 e. The number of halogens is 1. The van der Waals surface area contributed by atoms with Crippen molar-refractivity contribution in [3.05, 3.63) is 11.2 Å². The summed E-state index contributed by atoms with van der Waals surface area (Å²) >= 11 is 5.99. The van der Waals surface area contributed by atoms with E-state index in [4.69, 9.17) is 11.6 Å². The molecule has 1 unspecified atom stereocenters. The molecule has 5 nitrogen and oxygen atoms in total. The summed E-state index contributed by atoms with van der Waals surface area (Å²) in [4.78, 5) is 8.35. The van der Waals surface area contributed by atoms with Gasteiger partial charge in [0.05, 0.1) is 12.3 Å². The Morgan fingerprint density at radius 3 is 2.78 bits per heavy atom. The molecule has 0 aliphatic rings. The molecule has 0 amide bonds. The van der Waals surface area contributed by atoms with E-state index in [9.17, 15) is 5.11 Å². The predicted molar refractivity (Wildman–Crippen MR) is 75.2 cm³/mol. The molecular weight excluding hydrogens is 252 g/mol. The molecule has 0 aliphatic heterocycles. The first-order valence-electron chi connectivity index (χ1n) is 6.35. The number of anilines is 2. The number of hydrogen-bond donors (Lipinski definition) is 3. The smallest absolute Gasteiger partial charge is 0.224 e. The number of hydrogen-bond acceptors (Lipinski definition) is 5. The van der Waals surface area contributed by atoms with Crippen LogP contribution in [0.2, 0.25) is 5.02 Å². The summed E-state index contributed by atoms with van der Waals surface area (Å²) in [6.45, 7) is 5.37. The molecule has 0 saturated heterocycles. The van der Waals surface area contributed by atoms with E-state index in [1.165, 1.54) is 0 Å². The molecule has 0 saturated carbocycles. The van der Waals surface area contributed by atoms with Crippen LogP contribution in [0, 0.1) is 0 Å². The van der Waals surface area contributed by atoms with E-state index in [0.29, 0.717) is 23.3 Å². The maximum atomic E-state index is 9.65. The molecule has 0 radical (unpaired) electrons. The van der Waals surface area contributed by atoms with E-state index >= 15 is 0 Å². The second-order valence-corrected chi connectivity index (χ2v) is 4.55. The zero-order chi connectivity index (χ0) is 13.4. The summed E-state index contributed by atoms with van der Waals surface area (Å²) < 4.78 is 0. The van der Waals surface area contributed by atoms with Gasteiger partial charge in [-0.05, 0) is 12.8 Å². The molecule has 0 fully saturated rings. The lowest BCUT2D eigenvalue weighted by Crippen LogP contribution is -2.20. The third-order valence-corrected chi connectivity index (χ3v) is 2.68. The molecule has 3 N–H and O–H groups in total. The van der Waals surface area contributed by atoms with Gasteiger partial charge in [0.25, 0.3) is 0 Å². The predicted octanol–water partition coefficient (Wildman–Crippen LogP) is 2.52. The molecule has 102 valence electrons. The zero-order valence-corrected chi connectivity index (χ0v) is 11.7. The summed E-state index contributed by atoms with van der Waals surface area (Å²) in [5.74, 6) is 1.11. The lowest BCUT2D eigenvalue weighted by atomic mass is 10.2. The van der Waals surface area contributed by atoms with Gasteiger partial charge in [-0.15, -0.1) is 0 Å². The van der Waals surface area contributed by atoms with Crippen LogP contribution >= 0.6 is 11.6 Å². The lowest BCUT2D eigenvalue weighted by molar-refractivity contribution is 0.176. The van der Waals surface area contributed by atoms with E-state index in [-0.39, 0.29) is 6.10 Å². The summed E-state index contributed by atoms with van der Waals surface area (Å²) in [5.41, 5.74) is 0. The third kappa shape index (κ3) is 5.06. The molecule has 0 aliphatic carbocycles. The Balaban J connectivity index is 2.57. The SMILES string of the molecule is CCCNc1ncc(Cl)c(NCC(O)CCC)n1. The van der Waals surface area contributed by atoms with Gasteiger partial charge in [0.1, 0.15) is 5.02 Å². The number of aliphatic hydroxyl groups excluding tert-OH is 1. The normalized spacial score (nSPS) is 12.2. The highest BCUT2D eigenvalue weighted by molar-refractivity contribution is 6.32. The van der Waals surface area contributed by atoms with Crippen LogP contribution in [0.4, 0.5) is 11.8 Å². The van der Waals surface area contributed by atoms with Crippen molar-refractivity contribution in [2.45, 2.75) is 39.2 Å². The van der Waals surface area contributed by atoms with Crippen LogP contribution in [0.1, 0.15) is 33.1 Å². The number of rotatable bonds is 8. The molecule has 0 aromatic carbocycles. The quantitative estimate of drug-likeness (QED) is 0.678. The first-order chi connectivity index (χ1) is 8.67. The summed E-state index contributed by atoms with van der Waals surface area (Å²) in [7, 11) is 0. The van der Waals surface area contributed by atoms with Crippen molar-refractivity contribution in [2.24, 2.45) is 0 Å². The number of aromatic nitrogens is 2. The monoisotopic (exact) mass is 272 g/mol. The molecule has 1 aromatic rings. The van der Waals surface area contributed by atoms with Crippen LogP contribution in [0.5, 0.6) is 0 Å². The van der Waals surface area contributed by atoms with Gasteiger partial charge in [-0.1, -0.05) is 31.9 Å². The largest absolute Gasteiger partial charge is 0.391 e. The number of nitrogens with zero attached hydrogens (tertiary/aromatic N) is 2. The fourth-order valence-electron chi connectivity index (χ4n) is 1.46. The Kier molecular flexibility index (Phi) is 6.75. The Morgan fingerprint density at radius 1 is 1.33 bits per heavy atom. The van der Waals surface area contributed by atoms with E-state index in [1.807, 2.05) is 6.92 Å². The van der Waals surface area contributed by atoms with E-state index in [1.54, 1.807) is 6.20 Å². The summed E-state index contributed by atoms with van der Waals surface area (Å²) in [5, 5.41) is 16.2. The molecule has 1 rings (SSSR count). The molecule has 1 aromatic heterocycles. The molecule has 0 bridgehead atoms. The number of nitrogens with one attached hydrogen (secondary N) is 2. The van der Waals surface area contributed by atoms with Crippen LogP contribution in [0.25, 0.3) is 0 Å². The minimum atomic E-state index is -0.381. The molecular formula is C12H21ClN4O. The van der Waals surface area contributed by atoms with E-state index < -0.39 is 0 Å². The Labute approximate surface area is 113 Å². The van der Waals surface area contributed by atoms with Crippen LogP contribution in [0.3, 0.4) is 0 Å². The second kappa shape index (κ2) is 8.11. The third-order valence-electron chi connectivity index (χ3n) is 2.40. The molecule has 1 atom stereocenters. The van der Waals surface area contributed by atoms with Crippen molar-refractivity contribution in [1.29, 1.82) is 0 Å². The van der Waals surface area contributed by atoms with Gasteiger partial charge in [-0.3, -0.25) is 0 Å². The Morgan fingerprint density at radius 2 is 2.11 bits per heavy atom. The lowest BCUT2D eigenvalue weighted by Gasteiger charge is -2.13. The Bertz CT molecular complexity index is 362. The first-order valence-corrected chi connectivity index (χ1v) is 6.73. The fourth-order valence-corrected chi connectivity index (χ4v) is 1.62. The highest BCUT2D eigenvalue weighted by Crippen LogP contribution is 2.19. The zero-order valence-electron chi connectivity index (χ0n) is 10.9. The van der Waals surface area contributed by atoms with Crippen molar-refractivity contribution in [1.82, 2.24) is 9.97 Å². The molecule has 18 heavy (non-hydrogen) atoms. The van der Waals surface area contributed by atoms with Gasteiger partial charge in [-0.25, -0.2) is 4.98 Å². The van der Waals surface area contributed by atoms with Gasteiger partial charge in [0.2, 0.25) is 5.95 Å². The van der Waals surface area contributed by atoms with Gasteiger partial charge < -0.3 is 15.7 Å². The van der Waals surface area contributed by atoms with Crippen molar-refractivity contribution in [2.75, 3.05) is 23.7 Å². The first kappa shape index (κ1) is 15.0. The average molecular weight is 273 g/mol. The van der Waals surface area contributed by atoms with Gasteiger partial charge >= 0.3 is 0 Å². The van der Waals surface area contributed by atoms with Crippen molar-refractivity contribution >= 4 is 23.4 Å². The van der Waals surface area contributed by atoms with Crippen LogP contribution in [0.15, 0.2) is 6.20 Å². The second-order valence-electron chi connectivity index (χ2n) is 4.14. The minimum Gasteiger partial charge on any atom is -0.391 e. The standard InChI is InChI=1S/C12H21ClN4O/c1-3-5-9(18)7-15-11-10(13)8-16-12(17-11)14-6-4-2/h8-9,18H,3-7H2,1-2H3,(H2,14,15,16,17). The van der Waals surface area contributed by atoms with Gasteiger partial charge in [-0.2, -0.15) is 4.98 Å². The van der Waals surface area contributed by atoms with Crippen LogP contribution < -0.4 is 10.6 Å². The molecule has 1 heterocycles. The molecule has 6 heteroatoms. The van der Waals surface area contributed by atoms with Crippen molar-refractivity contribution in [3.8, 4) is 0 Å². The average Bonchev–Trinajstić information content (AvgIpc) is 2.36. The highest BCUT2D eigenvalue weighted by atomic mass is 35.5. The fraction of sp³-hybridized carbons (Fsp3) is 0.667. The topological polar surface area (TPSA) is 70.1 Å². The minimum absolute atomic E-state index is 0.381. The van der Waals surface area contributed by atoms with E-state index in [0.717, 1.165) is 25.8 Å². The van der Waals surface area contributed by atoms with Gasteiger partial charge in [0.15, 0.2) is 5.82 Å². The highest BCUT2D eigenvalue weighted by Gasteiger charge is 2.07. The Hall–Kier alpha value is -1.07. The summed E-state index contributed by atoms with van der Waals surface area (Å²) in [6.07, 6.45) is 3.89. The van der Waals surface area contributed by atoms with Crippen molar-refractivity contribution < 1.29 is 5.11 Å². The van der Waals surface area contributed by atoms with Crippen LogP contribution in [-0.2, 0) is 0 Å². The maximum absolute atomic E-state index is 9.65. The van der Waals surface area contributed by atoms with Crippen LogP contribution in [-0.4, -0.2) is 34.3 Å².